The lowest BCUT2D eigenvalue weighted by Gasteiger charge is -2.32. The van der Waals surface area contributed by atoms with Crippen LogP contribution in [0.3, 0.4) is 0 Å². The van der Waals surface area contributed by atoms with Gasteiger partial charge >= 0.3 is 6.09 Å². The number of benzene rings is 2. The van der Waals surface area contributed by atoms with E-state index < -0.39 is 17.7 Å². The Morgan fingerprint density at radius 3 is 2.17 bits per heavy atom. The van der Waals surface area contributed by atoms with Crippen LogP contribution >= 0.6 is 0 Å². The molecule has 2 N–H and O–H groups in total. The third kappa shape index (κ3) is 8.74. The fraction of sp³-hybridized carbons (Fsp3) is 0.464. The van der Waals surface area contributed by atoms with Crippen LogP contribution in [0.15, 0.2) is 48.5 Å². The summed E-state index contributed by atoms with van der Waals surface area (Å²) in [7, 11) is 0. The van der Waals surface area contributed by atoms with Gasteiger partial charge in [-0.1, -0.05) is 62.2 Å². The summed E-state index contributed by atoms with van der Waals surface area (Å²) in [5.74, 6) is -0.643. The van der Waals surface area contributed by atoms with Gasteiger partial charge in [0.25, 0.3) is 5.91 Å². The smallest absolute Gasteiger partial charge is 0.408 e. The molecule has 0 saturated heterocycles. The highest BCUT2D eigenvalue weighted by Gasteiger charge is 2.32. The fourth-order valence-electron chi connectivity index (χ4n) is 3.75. The van der Waals surface area contributed by atoms with Crippen LogP contribution in [0.5, 0.6) is 0 Å². The lowest BCUT2D eigenvalue weighted by Crippen LogP contribution is -2.47. The van der Waals surface area contributed by atoms with Gasteiger partial charge in [0.15, 0.2) is 0 Å². The number of rotatable bonds is 10. The number of anilines is 1. The van der Waals surface area contributed by atoms with Crippen LogP contribution in [-0.2, 0) is 14.3 Å². The Kier molecular flexibility index (Phi) is 10.3. The molecule has 7 heteroatoms. The average Bonchev–Trinajstić information content (AvgIpc) is 2.78. The van der Waals surface area contributed by atoms with E-state index in [9.17, 15) is 14.4 Å². The molecule has 0 aliphatic carbocycles. The highest BCUT2D eigenvalue weighted by Crippen LogP contribution is 2.27. The number of nitrogens with one attached hydrogen (secondary N) is 2. The van der Waals surface area contributed by atoms with Crippen LogP contribution < -0.4 is 10.6 Å². The monoisotopic (exact) mass is 481 g/mol. The van der Waals surface area contributed by atoms with Crippen LogP contribution in [0.4, 0.5) is 10.5 Å². The minimum Gasteiger partial charge on any atom is -0.444 e. The Morgan fingerprint density at radius 1 is 0.943 bits per heavy atom. The Balaban J connectivity index is 2.38. The van der Waals surface area contributed by atoms with Crippen molar-refractivity contribution in [3.63, 3.8) is 0 Å². The van der Waals surface area contributed by atoms with Gasteiger partial charge in [0.2, 0.25) is 5.91 Å². The molecule has 0 radical (unpaired) electrons. The Bertz CT molecular complexity index is 1010. The van der Waals surface area contributed by atoms with Gasteiger partial charge in [0.1, 0.15) is 18.2 Å². The number of aryl methyl sites for hydroxylation is 2. The second-order valence-corrected chi connectivity index (χ2v) is 9.71. The third-order valence-corrected chi connectivity index (χ3v) is 5.55. The summed E-state index contributed by atoms with van der Waals surface area (Å²) in [6.45, 7) is 11.3. The number of ether oxygens (including phenoxy) is 1. The van der Waals surface area contributed by atoms with Gasteiger partial charge in [-0.2, -0.15) is 0 Å². The maximum atomic E-state index is 13.7. The molecule has 1 unspecified atom stereocenters. The van der Waals surface area contributed by atoms with E-state index in [0.29, 0.717) is 12.2 Å². The fourth-order valence-corrected chi connectivity index (χ4v) is 3.75. The minimum atomic E-state index is -0.847. The molecule has 0 saturated carbocycles. The van der Waals surface area contributed by atoms with Crippen molar-refractivity contribution in [3.8, 4) is 0 Å². The Labute approximate surface area is 209 Å². The molecule has 0 fully saturated rings. The van der Waals surface area contributed by atoms with Crippen molar-refractivity contribution in [2.24, 2.45) is 0 Å². The summed E-state index contributed by atoms with van der Waals surface area (Å²) in [5, 5.41) is 5.56. The van der Waals surface area contributed by atoms with Crippen LogP contribution in [0.2, 0.25) is 0 Å². The van der Waals surface area contributed by atoms with E-state index in [1.807, 2.05) is 62.4 Å². The zero-order chi connectivity index (χ0) is 26.0. The molecule has 0 heterocycles. The first-order valence-corrected chi connectivity index (χ1v) is 12.2. The van der Waals surface area contributed by atoms with E-state index in [0.717, 1.165) is 36.0 Å². The lowest BCUT2D eigenvalue weighted by molar-refractivity contribution is -0.138. The molecular formula is C28H39N3O4. The quantitative estimate of drug-likeness (QED) is 0.437. The first-order chi connectivity index (χ1) is 16.5. The molecule has 1 atom stereocenters. The van der Waals surface area contributed by atoms with Crippen molar-refractivity contribution in [1.29, 1.82) is 0 Å². The predicted molar refractivity (Wildman–Crippen MR) is 139 cm³/mol. The summed E-state index contributed by atoms with van der Waals surface area (Å²) < 4.78 is 5.27. The van der Waals surface area contributed by atoms with Gasteiger partial charge < -0.3 is 20.3 Å². The maximum absolute atomic E-state index is 13.7. The summed E-state index contributed by atoms with van der Waals surface area (Å²) in [6, 6.07) is 14.3. The standard InChI is InChI=1S/C28H39N3O4/c1-7-8-13-18-31(24(32)19-29-27(34)35-28(4,5)6)25(22-16-11-9-14-20(22)2)26(33)30-23-17-12-10-15-21(23)3/h9-12,14-17,25H,7-8,13,18-19H2,1-6H3,(H,29,34)(H,30,33). The second-order valence-electron chi connectivity index (χ2n) is 9.71. The van der Waals surface area contributed by atoms with Gasteiger partial charge in [-0.05, 0) is 63.8 Å². The first kappa shape index (κ1) is 27.9. The third-order valence-electron chi connectivity index (χ3n) is 5.55. The number of hydrogen-bond donors (Lipinski definition) is 2. The highest BCUT2D eigenvalue weighted by atomic mass is 16.6. The summed E-state index contributed by atoms with van der Waals surface area (Å²) in [5.41, 5.74) is 2.61. The molecule has 2 aromatic carbocycles. The second kappa shape index (κ2) is 12.9. The van der Waals surface area contributed by atoms with Gasteiger partial charge in [-0.3, -0.25) is 9.59 Å². The van der Waals surface area contributed by atoms with Crippen molar-refractivity contribution in [1.82, 2.24) is 10.2 Å². The number of hydrogen-bond acceptors (Lipinski definition) is 4. The minimum absolute atomic E-state index is 0.263. The van der Waals surface area contributed by atoms with E-state index in [2.05, 4.69) is 17.6 Å². The van der Waals surface area contributed by atoms with Gasteiger partial charge in [0.05, 0.1) is 0 Å². The largest absolute Gasteiger partial charge is 0.444 e. The summed E-state index contributed by atoms with van der Waals surface area (Å²) in [6.07, 6.45) is 1.97. The molecule has 0 bridgehead atoms. The molecule has 35 heavy (non-hydrogen) atoms. The molecule has 0 aliphatic heterocycles. The number of amides is 3. The topological polar surface area (TPSA) is 87.7 Å². The van der Waals surface area contributed by atoms with Crippen molar-refractivity contribution < 1.29 is 19.1 Å². The Morgan fingerprint density at radius 2 is 1.57 bits per heavy atom. The maximum Gasteiger partial charge on any atom is 0.408 e. The average molecular weight is 482 g/mol. The summed E-state index contributed by atoms with van der Waals surface area (Å²) >= 11 is 0. The van der Waals surface area contributed by atoms with Crippen molar-refractivity contribution >= 4 is 23.6 Å². The molecular weight excluding hydrogens is 442 g/mol. The number of nitrogens with zero attached hydrogens (tertiary/aromatic N) is 1. The molecule has 2 aromatic rings. The first-order valence-electron chi connectivity index (χ1n) is 12.2. The van der Waals surface area contributed by atoms with Crippen molar-refractivity contribution in [2.45, 2.75) is 72.4 Å². The molecule has 0 spiro atoms. The molecule has 0 aromatic heterocycles. The van der Waals surface area contributed by atoms with Crippen molar-refractivity contribution in [3.05, 3.63) is 65.2 Å². The van der Waals surface area contributed by atoms with E-state index in [1.165, 1.54) is 0 Å². The predicted octanol–water partition coefficient (Wildman–Crippen LogP) is 5.53. The van der Waals surface area contributed by atoms with E-state index in [-0.39, 0.29) is 18.4 Å². The van der Waals surface area contributed by atoms with E-state index in [1.54, 1.807) is 25.7 Å². The van der Waals surface area contributed by atoms with Crippen LogP contribution in [0.1, 0.15) is 69.7 Å². The normalized spacial score (nSPS) is 11.9. The van der Waals surface area contributed by atoms with E-state index in [4.69, 9.17) is 4.74 Å². The highest BCUT2D eigenvalue weighted by molar-refractivity contribution is 5.99. The molecule has 7 nitrogen and oxygen atoms in total. The van der Waals surface area contributed by atoms with Crippen molar-refractivity contribution in [2.75, 3.05) is 18.4 Å². The number of para-hydroxylation sites is 1. The molecule has 2 rings (SSSR count). The molecule has 0 aliphatic rings. The van der Waals surface area contributed by atoms with Crippen LogP contribution in [-0.4, -0.2) is 41.5 Å². The van der Waals surface area contributed by atoms with Gasteiger partial charge in [-0.15, -0.1) is 0 Å². The number of carbonyl (C=O) groups excluding carboxylic acids is 3. The zero-order valence-corrected chi connectivity index (χ0v) is 21.8. The SMILES string of the molecule is CCCCCN(C(=O)CNC(=O)OC(C)(C)C)C(C(=O)Nc1ccccc1C)c1ccccc1C. The molecule has 190 valence electrons. The van der Waals surface area contributed by atoms with E-state index >= 15 is 0 Å². The van der Waals surface area contributed by atoms with Gasteiger partial charge in [0, 0.05) is 12.2 Å². The summed E-state index contributed by atoms with van der Waals surface area (Å²) in [4.78, 5) is 40.9. The zero-order valence-electron chi connectivity index (χ0n) is 21.8. The number of alkyl carbamates (subject to hydrolysis) is 1. The molecule has 3 amide bonds. The van der Waals surface area contributed by atoms with Crippen LogP contribution in [0.25, 0.3) is 0 Å². The van der Waals surface area contributed by atoms with Gasteiger partial charge in [-0.25, -0.2) is 4.79 Å². The van der Waals surface area contributed by atoms with Crippen LogP contribution in [0, 0.1) is 13.8 Å². The Hall–Kier alpha value is -3.35. The lowest BCUT2D eigenvalue weighted by atomic mass is 9.98. The number of unbranched alkanes of at least 4 members (excludes halogenated alkanes) is 2. The number of carbonyl (C=O) groups is 3.